The SMILES string of the molecule is NCC1(CCSC(F)(F)F)CCC1. The monoisotopic (exact) mass is 213 g/mol. The summed E-state index contributed by atoms with van der Waals surface area (Å²) in [6.45, 7) is 0.533. The largest absolute Gasteiger partial charge is 0.441 e. The number of nitrogens with two attached hydrogens (primary N) is 1. The minimum absolute atomic E-state index is 0.0399. The van der Waals surface area contributed by atoms with Crippen molar-refractivity contribution in [3.8, 4) is 0 Å². The van der Waals surface area contributed by atoms with Crippen molar-refractivity contribution in [2.75, 3.05) is 12.3 Å². The minimum atomic E-state index is -4.08. The van der Waals surface area contributed by atoms with Crippen molar-refractivity contribution in [3.63, 3.8) is 0 Å². The normalized spacial score (nSPS) is 21.2. The van der Waals surface area contributed by atoms with E-state index in [0.29, 0.717) is 13.0 Å². The van der Waals surface area contributed by atoms with E-state index < -0.39 is 5.51 Å². The van der Waals surface area contributed by atoms with Crippen molar-refractivity contribution < 1.29 is 13.2 Å². The van der Waals surface area contributed by atoms with Crippen molar-refractivity contribution >= 4 is 11.8 Å². The molecule has 1 aliphatic rings. The standard InChI is InChI=1S/C8H14F3NS/c9-8(10,11)13-5-4-7(6-12)2-1-3-7/h1-6,12H2. The van der Waals surface area contributed by atoms with Crippen molar-refractivity contribution in [1.82, 2.24) is 0 Å². The molecule has 1 rings (SSSR count). The predicted molar refractivity (Wildman–Crippen MR) is 48.5 cm³/mol. The second-order valence-electron chi connectivity index (χ2n) is 3.60. The maximum Gasteiger partial charge on any atom is 0.441 e. The summed E-state index contributed by atoms with van der Waals surface area (Å²) in [7, 11) is 0. The Morgan fingerprint density at radius 3 is 2.23 bits per heavy atom. The van der Waals surface area contributed by atoms with Crippen LogP contribution in [0, 0.1) is 5.41 Å². The highest BCUT2D eigenvalue weighted by Crippen LogP contribution is 2.44. The molecule has 0 aromatic rings. The van der Waals surface area contributed by atoms with E-state index in [-0.39, 0.29) is 22.9 Å². The zero-order valence-electron chi connectivity index (χ0n) is 7.36. The molecule has 1 saturated carbocycles. The van der Waals surface area contributed by atoms with E-state index in [2.05, 4.69) is 0 Å². The van der Waals surface area contributed by atoms with Gasteiger partial charge in [-0.3, -0.25) is 0 Å². The van der Waals surface area contributed by atoms with E-state index >= 15 is 0 Å². The minimum Gasteiger partial charge on any atom is -0.330 e. The predicted octanol–water partition coefficient (Wildman–Crippen LogP) is 2.76. The third-order valence-electron chi connectivity index (χ3n) is 2.75. The first kappa shape index (κ1) is 11.2. The number of thioether (sulfide) groups is 1. The Bertz CT molecular complexity index is 160. The summed E-state index contributed by atoms with van der Waals surface area (Å²) in [4.78, 5) is 0. The number of rotatable bonds is 4. The highest BCUT2D eigenvalue weighted by Gasteiger charge is 2.36. The molecular formula is C8H14F3NS. The van der Waals surface area contributed by atoms with Gasteiger partial charge in [0, 0.05) is 5.75 Å². The molecule has 0 aromatic heterocycles. The Hall–Kier alpha value is 0.100. The zero-order valence-corrected chi connectivity index (χ0v) is 8.18. The second kappa shape index (κ2) is 4.09. The van der Waals surface area contributed by atoms with E-state index in [9.17, 15) is 13.2 Å². The average Bonchev–Trinajstić information content (AvgIpc) is 1.92. The van der Waals surface area contributed by atoms with Crippen LogP contribution in [0.1, 0.15) is 25.7 Å². The number of hydrogen-bond acceptors (Lipinski definition) is 2. The molecule has 0 aromatic carbocycles. The van der Waals surface area contributed by atoms with Crippen LogP contribution in [0.2, 0.25) is 0 Å². The van der Waals surface area contributed by atoms with Crippen LogP contribution in [0.15, 0.2) is 0 Å². The third kappa shape index (κ3) is 3.38. The lowest BCUT2D eigenvalue weighted by molar-refractivity contribution is -0.0330. The fraction of sp³-hybridized carbons (Fsp3) is 1.00. The molecule has 0 atom stereocenters. The van der Waals surface area contributed by atoms with Gasteiger partial charge in [-0.2, -0.15) is 13.2 Å². The molecule has 2 N–H and O–H groups in total. The molecule has 1 nitrogen and oxygen atoms in total. The summed E-state index contributed by atoms with van der Waals surface area (Å²) in [6.07, 6.45) is 3.73. The molecule has 0 saturated heterocycles. The van der Waals surface area contributed by atoms with E-state index in [4.69, 9.17) is 5.73 Å². The number of halogens is 3. The molecule has 78 valence electrons. The first-order valence-electron chi connectivity index (χ1n) is 4.38. The molecule has 1 aliphatic carbocycles. The maximum atomic E-state index is 11.8. The molecule has 13 heavy (non-hydrogen) atoms. The van der Waals surface area contributed by atoms with Crippen molar-refractivity contribution in [1.29, 1.82) is 0 Å². The Morgan fingerprint density at radius 2 is 1.92 bits per heavy atom. The van der Waals surface area contributed by atoms with Crippen molar-refractivity contribution in [3.05, 3.63) is 0 Å². The summed E-state index contributed by atoms with van der Waals surface area (Å²) in [5.41, 5.74) is 1.48. The quantitative estimate of drug-likeness (QED) is 0.777. The van der Waals surface area contributed by atoms with Crippen LogP contribution in [0.5, 0.6) is 0 Å². The number of alkyl halides is 3. The van der Waals surface area contributed by atoms with Gasteiger partial charge in [0.1, 0.15) is 0 Å². The lowest BCUT2D eigenvalue weighted by atomic mass is 9.67. The van der Waals surface area contributed by atoms with Crippen LogP contribution in [0.25, 0.3) is 0 Å². The van der Waals surface area contributed by atoms with E-state index in [1.54, 1.807) is 0 Å². The molecule has 0 amide bonds. The summed E-state index contributed by atoms with van der Waals surface area (Å²) < 4.78 is 35.4. The van der Waals surface area contributed by atoms with Gasteiger partial charge in [-0.1, -0.05) is 18.2 Å². The first-order valence-corrected chi connectivity index (χ1v) is 5.37. The van der Waals surface area contributed by atoms with Crippen LogP contribution >= 0.6 is 11.8 Å². The van der Waals surface area contributed by atoms with Gasteiger partial charge in [0.05, 0.1) is 0 Å². The third-order valence-corrected chi connectivity index (χ3v) is 3.48. The van der Waals surface area contributed by atoms with E-state index in [1.165, 1.54) is 0 Å². The van der Waals surface area contributed by atoms with Gasteiger partial charge >= 0.3 is 5.51 Å². The molecule has 0 unspecified atom stereocenters. The van der Waals surface area contributed by atoms with Gasteiger partial charge in [0.15, 0.2) is 0 Å². The molecule has 0 aliphatic heterocycles. The summed E-state index contributed by atoms with van der Waals surface area (Å²) in [5.74, 6) is 0.153. The Labute approximate surface area is 80.2 Å². The Balaban J connectivity index is 2.18. The van der Waals surface area contributed by atoms with E-state index in [0.717, 1.165) is 19.3 Å². The summed E-state index contributed by atoms with van der Waals surface area (Å²) in [6, 6.07) is 0. The lowest BCUT2D eigenvalue weighted by Gasteiger charge is -2.41. The smallest absolute Gasteiger partial charge is 0.330 e. The zero-order chi connectivity index (χ0) is 9.95. The van der Waals surface area contributed by atoms with Crippen LogP contribution in [-0.4, -0.2) is 17.8 Å². The lowest BCUT2D eigenvalue weighted by Crippen LogP contribution is -2.37. The highest BCUT2D eigenvalue weighted by atomic mass is 32.2. The molecule has 0 bridgehead atoms. The molecule has 0 radical (unpaired) electrons. The van der Waals surface area contributed by atoms with Crippen LogP contribution in [0.4, 0.5) is 13.2 Å². The fourth-order valence-electron chi connectivity index (χ4n) is 1.62. The first-order chi connectivity index (χ1) is 5.97. The van der Waals surface area contributed by atoms with Crippen LogP contribution in [-0.2, 0) is 0 Å². The van der Waals surface area contributed by atoms with Gasteiger partial charge in [0.25, 0.3) is 0 Å². The van der Waals surface area contributed by atoms with Gasteiger partial charge < -0.3 is 5.73 Å². The summed E-state index contributed by atoms with van der Waals surface area (Å²) in [5, 5.41) is 0. The van der Waals surface area contributed by atoms with Crippen molar-refractivity contribution in [2.45, 2.75) is 31.2 Å². The fourth-order valence-corrected chi connectivity index (χ4v) is 2.38. The van der Waals surface area contributed by atoms with Gasteiger partial charge in [0.2, 0.25) is 0 Å². The molecular weight excluding hydrogens is 199 g/mol. The Kier molecular flexibility index (Phi) is 3.51. The van der Waals surface area contributed by atoms with Crippen LogP contribution < -0.4 is 5.73 Å². The van der Waals surface area contributed by atoms with Gasteiger partial charge in [-0.25, -0.2) is 0 Å². The second-order valence-corrected chi connectivity index (χ2v) is 4.76. The highest BCUT2D eigenvalue weighted by molar-refractivity contribution is 8.00. The topological polar surface area (TPSA) is 26.0 Å². The molecule has 1 fully saturated rings. The van der Waals surface area contributed by atoms with E-state index in [1.807, 2.05) is 0 Å². The summed E-state index contributed by atoms with van der Waals surface area (Å²) >= 11 is 0.0695. The number of hydrogen-bond donors (Lipinski definition) is 1. The Morgan fingerprint density at radius 1 is 1.31 bits per heavy atom. The average molecular weight is 213 g/mol. The van der Waals surface area contributed by atoms with Gasteiger partial charge in [-0.05, 0) is 31.2 Å². The molecule has 5 heteroatoms. The molecule has 0 heterocycles. The molecule has 0 spiro atoms. The van der Waals surface area contributed by atoms with Crippen LogP contribution in [0.3, 0.4) is 0 Å². The van der Waals surface area contributed by atoms with Gasteiger partial charge in [-0.15, -0.1) is 0 Å². The maximum absolute atomic E-state index is 11.8. The van der Waals surface area contributed by atoms with Crippen molar-refractivity contribution in [2.24, 2.45) is 11.1 Å².